The van der Waals surface area contributed by atoms with E-state index in [1.807, 2.05) is 38.1 Å². The number of hydrogen-bond acceptors (Lipinski definition) is 4. The van der Waals surface area contributed by atoms with Crippen molar-refractivity contribution in [2.75, 3.05) is 7.05 Å². The Morgan fingerprint density at radius 1 is 0.906 bits per heavy atom. The van der Waals surface area contributed by atoms with E-state index in [0.29, 0.717) is 22.4 Å². The van der Waals surface area contributed by atoms with Crippen LogP contribution in [0.25, 0.3) is 16.6 Å². The topological polar surface area (TPSA) is 72.3 Å². The highest BCUT2D eigenvalue weighted by molar-refractivity contribution is 7.89. The number of aryl methyl sites for hydroxylation is 2. The third kappa shape index (κ3) is 3.85. The molecule has 4 aromatic rings. The molecule has 0 radical (unpaired) electrons. The van der Waals surface area contributed by atoms with Crippen LogP contribution in [-0.4, -0.2) is 29.3 Å². The third-order valence-corrected chi connectivity index (χ3v) is 7.55. The largest absolute Gasteiger partial charge is 0.268 e. The molecule has 0 aliphatic carbocycles. The predicted octanol–water partition coefficient (Wildman–Crippen LogP) is 4.38. The van der Waals surface area contributed by atoms with Crippen molar-refractivity contribution in [3.05, 3.63) is 100 Å². The van der Waals surface area contributed by atoms with Crippen LogP contribution in [0, 0.1) is 13.8 Å². The van der Waals surface area contributed by atoms with Gasteiger partial charge in [-0.25, -0.2) is 13.4 Å². The predicted molar refractivity (Wildman–Crippen MR) is 127 cm³/mol. The third-order valence-electron chi connectivity index (χ3n) is 5.61. The molecular weight excluding hydrogens is 422 g/mol. The molecule has 1 heterocycles. The van der Waals surface area contributed by atoms with Crippen molar-refractivity contribution in [3.8, 4) is 5.69 Å². The Morgan fingerprint density at radius 3 is 2.16 bits per heavy atom. The van der Waals surface area contributed by atoms with E-state index in [-0.39, 0.29) is 10.5 Å². The lowest BCUT2D eigenvalue weighted by atomic mass is 10.1. The highest BCUT2D eigenvalue weighted by Crippen LogP contribution is 2.27. The Morgan fingerprint density at radius 2 is 1.50 bits per heavy atom. The second kappa shape index (κ2) is 8.33. The molecule has 7 heteroatoms. The van der Waals surface area contributed by atoms with Crippen LogP contribution in [-0.2, 0) is 10.0 Å². The van der Waals surface area contributed by atoms with Gasteiger partial charge in [0.05, 0.1) is 27.5 Å². The summed E-state index contributed by atoms with van der Waals surface area (Å²) in [5.74, 6) is 0.362. The maximum absolute atomic E-state index is 13.6. The molecule has 0 saturated heterocycles. The minimum atomic E-state index is -3.79. The number of benzene rings is 3. The first kappa shape index (κ1) is 21.9. The Balaban J connectivity index is 1.96. The number of rotatable bonds is 5. The van der Waals surface area contributed by atoms with Gasteiger partial charge >= 0.3 is 0 Å². The summed E-state index contributed by atoms with van der Waals surface area (Å²) in [6, 6.07) is 20.5. The molecule has 0 bridgehead atoms. The summed E-state index contributed by atoms with van der Waals surface area (Å²) in [5, 5.41) is 0.483. The second-order valence-electron chi connectivity index (χ2n) is 7.98. The van der Waals surface area contributed by atoms with Gasteiger partial charge in [0.1, 0.15) is 5.82 Å². The zero-order valence-electron chi connectivity index (χ0n) is 18.5. The van der Waals surface area contributed by atoms with Gasteiger partial charge in [-0.1, -0.05) is 36.4 Å². The van der Waals surface area contributed by atoms with Crippen LogP contribution >= 0.6 is 0 Å². The van der Waals surface area contributed by atoms with Crippen molar-refractivity contribution in [1.82, 2.24) is 13.9 Å². The van der Waals surface area contributed by atoms with Crippen LogP contribution in [0.5, 0.6) is 0 Å². The van der Waals surface area contributed by atoms with Gasteiger partial charge in [-0.05, 0) is 68.3 Å². The average molecular weight is 448 g/mol. The van der Waals surface area contributed by atoms with E-state index in [1.54, 1.807) is 55.5 Å². The lowest BCUT2D eigenvalue weighted by molar-refractivity contribution is 0.379. The number of para-hydroxylation sites is 1. The number of aromatic nitrogens is 2. The summed E-state index contributed by atoms with van der Waals surface area (Å²) in [5.41, 5.74) is 2.98. The lowest BCUT2D eigenvalue weighted by Crippen LogP contribution is -2.35. The minimum absolute atomic E-state index is 0.190. The Labute approximate surface area is 187 Å². The SMILES string of the molecule is Cc1cc(C)cc(-n2c(C(C)N(C)S(=O)(=O)c3ccccc3)nc3ccccc3c2=O)c1. The van der Waals surface area contributed by atoms with Crippen LogP contribution in [0.3, 0.4) is 0 Å². The number of sulfonamides is 1. The van der Waals surface area contributed by atoms with Crippen molar-refractivity contribution in [3.63, 3.8) is 0 Å². The molecule has 32 heavy (non-hydrogen) atoms. The van der Waals surface area contributed by atoms with Crippen molar-refractivity contribution in [2.45, 2.75) is 31.7 Å². The lowest BCUT2D eigenvalue weighted by Gasteiger charge is -2.26. The van der Waals surface area contributed by atoms with Crippen LogP contribution in [0.4, 0.5) is 0 Å². The fraction of sp³-hybridized carbons (Fsp3) is 0.200. The van der Waals surface area contributed by atoms with Crippen LogP contribution < -0.4 is 5.56 Å². The normalized spacial score (nSPS) is 12.9. The summed E-state index contributed by atoms with van der Waals surface area (Å²) in [6.07, 6.45) is 0. The monoisotopic (exact) mass is 447 g/mol. The molecule has 4 rings (SSSR count). The summed E-state index contributed by atoms with van der Waals surface area (Å²) < 4.78 is 29.3. The molecule has 0 amide bonds. The van der Waals surface area contributed by atoms with Crippen molar-refractivity contribution in [2.24, 2.45) is 0 Å². The number of hydrogen-bond donors (Lipinski definition) is 0. The molecule has 6 nitrogen and oxygen atoms in total. The molecule has 0 aliphatic rings. The maximum atomic E-state index is 13.6. The van der Waals surface area contributed by atoms with Gasteiger partial charge in [-0.3, -0.25) is 9.36 Å². The van der Waals surface area contributed by atoms with E-state index in [4.69, 9.17) is 4.98 Å². The van der Waals surface area contributed by atoms with Gasteiger partial charge in [0, 0.05) is 7.05 Å². The molecule has 1 unspecified atom stereocenters. The summed E-state index contributed by atoms with van der Waals surface area (Å²) in [4.78, 5) is 18.5. The summed E-state index contributed by atoms with van der Waals surface area (Å²) in [7, 11) is -2.28. The number of fused-ring (bicyclic) bond motifs is 1. The second-order valence-corrected chi connectivity index (χ2v) is 9.98. The highest BCUT2D eigenvalue weighted by atomic mass is 32.2. The molecule has 3 aromatic carbocycles. The molecule has 0 fully saturated rings. The molecule has 164 valence electrons. The fourth-order valence-corrected chi connectivity index (χ4v) is 5.23. The van der Waals surface area contributed by atoms with Crippen molar-refractivity contribution >= 4 is 20.9 Å². The standard InChI is InChI=1S/C25H25N3O3S/c1-17-14-18(2)16-20(15-17)28-24(26-23-13-9-8-12-22(23)25(28)29)19(3)27(4)32(30,31)21-10-6-5-7-11-21/h5-16,19H,1-4H3. The Bertz CT molecular complexity index is 1440. The average Bonchev–Trinajstić information content (AvgIpc) is 2.78. The molecule has 0 aliphatic heterocycles. The van der Waals surface area contributed by atoms with Crippen molar-refractivity contribution < 1.29 is 8.42 Å². The molecular formula is C25H25N3O3S. The molecule has 1 aromatic heterocycles. The fourth-order valence-electron chi connectivity index (χ4n) is 3.89. The smallest absolute Gasteiger partial charge is 0.266 e. The van der Waals surface area contributed by atoms with Crippen LogP contribution in [0.1, 0.15) is 29.9 Å². The Hall–Kier alpha value is -3.29. The molecule has 0 spiro atoms. The number of nitrogens with zero attached hydrogens (tertiary/aromatic N) is 3. The molecule has 0 saturated carbocycles. The minimum Gasteiger partial charge on any atom is -0.268 e. The van der Waals surface area contributed by atoms with Gasteiger partial charge in [0.25, 0.3) is 5.56 Å². The highest BCUT2D eigenvalue weighted by Gasteiger charge is 2.30. The molecule has 1 atom stereocenters. The van der Waals surface area contributed by atoms with Crippen molar-refractivity contribution in [1.29, 1.82) is 0 Å². The van der Waals surface area contributed by atoms with Crippen LogP contribution in [0.15, 0.2) is 82.5 Å². The Kier molecular flexibility index (Phi) is 5.71. The van der Waals surface area contributed by atoms with Gasteiger partial charge in [0.2, 0.25) is 10.0 Å². The first-order chi connectivity index (χ1) is 15.2. The van der Waals surface area contributed by atoms with E-state index < -0.39 is 16.1 Å². The van der Waals surface area contributed by atoms with E-state index in [1.165, 1.54) is 15.9 Å². The maximum Gasteiger partial charge on any atom is 0.266 e. The van der Waals surface area contributed by atoms with Gasteiger partial charge in [0.15, 0.2) is 0 Å². The quantitative estimate of drug-likeness (QED) is 0.455. The van der Waals surface area contributed by atoms with Gasteiger partial charge in [-0.2, -0.15) is 4.31 Å². The molecule has 0 N–H and O–H groups in total. The van der Waals surface area contributed by atoms with Gasteiger partial charge in [-0.15, -0.1) is 0 Å². The summed E-state index contributed by atoms with van der Waals surface area (Å²) in [6.45, 7) is 5.67. The first-order valence-corrected chi connectivity index (χ1v) is 11.8. The first-order valence-electron chi connectivity index (χ1n) is 10.3. The van der Waals surface area contributed by atoms with Gasteiger partial charge < -0.3 is 0 Å². The van der Waals surface area contributed by atoms with E-state index >= 15 is 0 Å². The van der Waals surface area contributed by atoms with E-state index in [9.17, 15) is 13.2 Å². The summed E-state index contributed by atoms with van der Waals surface area (Å²) >= 11 is 0. The van der Waals surface area contributed by atoms with Crippen LogP contribution in [0.2, 0.25) is 0 Å². The van der Waals surface area contributed by atoms with E-state index in [2.05, 4.69) is 0 Å². The van der Waals surface area contributed by atoms with E-state index in [0.717, 1.165) is 11.1 Å². The zero-order chi connectivity index (χ0) is 23.0. The zero-order valence-corrected chi connectivity index (χ0v) is 19.3.